The number of aromatic nitrogens is 3. The van der Waals surface area contributed by atoms with Crippen LogP contribution in [-0.4, -0.2) is 25.7 Å². The van der Waals surface area contributed by atoms with E-state index in [2.05, 4.69) is 32.9 Å². The molecule has 2 N–H and O–H groups in total. The molecule has 0 unspecified atom stereocenters. The number of nitrogens with one attached hydrogen (secondary N) is 1. The molecule has 1 aliphatic rings. The smallest absolute Gasteiger partial charge is 0.139 e. The minimum Gasteiger partial charge on any atom is -0.393 e. The van der Waals surface area contributed by atoms with Crippen LogP contribution in [0, 0.1) is 0 Å². The first-order chi connectivity index (χ1) is 9.33. The summed E-state index contributed by atoms with van der Waals surface area (Å²) in [5.41, 5.74) is 2.22. The molecular weight excluding hydrogens is 238 g/mol. The molecule has 98 valence electrons. The Kier molecular flexibility index (Phi) is 2.38. The van der Waals surface area contributed by atoms with E-state index in [1.165, 1.54) is 16.3 Å². The summed E-state index contributed by atoms with van der Waals surface area (Å²) in [6, 6.07) is 4.74. The lowest BCUT2D eigenvalue weighted by molar-refractivity contribution is 0.111. The number of rotatable bonds is 1. The fourth-order valence-corrected chi connectivity index (χ4v) is 3.30. The van der Waals surface area contributed by atoms with Gasteiger partial charge in [-0.1, -0.05) is 0 Å². The number of nitrogens with zero attached hydrogens (tertiary/aromatic N) is 2. The maximum Gasteiger partial charge on any atom is 0.139 e. The van der Waals surface area contributed by atoms with E-state index in [-0.39, 0.29) is 6.10 Å². The molecule has 4 rings (SSSR count). The number of aliphatic hydroxyl groups is 1. The Bertz CT molecular complexity index is 719. The van der Waals surface area contributed by atoms with Gasteiger partial charge >= 0.3 is 0 Å². The lowest BCUT2D eigenvalue weighted by Gasteiger charge is -2.27. The van der Waals surface area contributed by atoms with Crippen molar-refractivity contribution >= 4 is 21.9 Å². The SMILES string of the molecule is O[C@H]1CC[C@H](n2ccc3cnc4[nH]ccc4c32)CC1. The largest absolute Gasteiger partial charge is 0.393 e. The summed E-state index contributed by atoms with van der Waals surface area (Å²) in [4.78, 5) is 7.61. The number of hydrogen-bond acceptors (Lipinski definition) is 2. The van der Waals surface area contributed by atoms with E-state index < -0.39 is 0 Å². The van der Waals surface area contributed by atoms with Crippen molar-refractivity contribution in [3.63, 3.8) is 0 Å². The first kappa shape index (κ1) is 11.1. The molecule has 0 atom stereocenters. The van der Waals surface area contributed by atoms with Gasteiger partial charge < -0.3 is 14.7 Å². The van der Waals surface area contributed by atoms with Crippen LogP contribution in [0.4, 0.5) is 0 Å². The Labute approximate surface area is 111 Å². The Morgan fingerprint density at radius 1 is 1.21 bits per heavy atom. The molecular formula is C15H17N3O. The summed E-state index contributed by atoms with van der Waals surface area (Å²) in [6.45, 7) is 0. The molecule has 0 bridgehead atoms. The van der Waals surface area contributed by atoms with Gasteiger partial charge in [-0.2, -0.15) is 0 Å². The second kappa shape index (κ2) is 4.10. The van der Waals surface area contributed by atoms with Crippen LogP contribution in [0.2, 0.25) is 0 Å². The Hall–Kier alpha value is -1.81. The predicted octanol–water partition coefficient (Wildman–Crippen LogP) is 2.99. The van der Waals surface area contributed by atoms with Crippen molar-refractivity contribution in [3.8, 4) is 0 Å². The molecule has 0 saturated heterocycles. The Morgan fingerprint density at radius 2 is 2.05 bits per heavy atom. The monoisotopic (exact) mass is 255 g/mol. The summed E-state index contributed by atoms with van der Waals surface area (Å²) in [5.74, 6) is 0. The van der Waals surface area contributed by atoms with Crippen molar-refractivity contribution in [2.45, 2.75) is 37.8 Å². The number of pyridine rings is 1. The van der Waals surface area contributed by atoms with E-state index in [1.54, 1.807) is 0 Å². The fourth-order valence-electron chi connectivity index (χ4n) is 3.30. The van der Waals surface area contributed by atoms with Crippen LogP contribution < -0.4 is 0 Å². The van der Waals surface area contributed by atoms with Gasteiger partial charge in [-0.15, -0.1) is 0 Å². The summed E-state index contributed by atoms with van der Waals surface area (Å²) in [6.07, 6.45) is 9.87. The molecule has 4 heteroatoms. The predicted molar refractivity (Wildman–Crippen MR) is 75.1 cm³/mol. The van der Waals surface area contributed by atoms with Crippen molar-refractivity contribution in [1.82, 2.24) is 14.5 Å². The molecule has 0 spiro atoms. The molecule has 1 fully saturated rings. The minimum absolute atomic E-state index is 0.105. The fraction of sp³-hybridized carbons (Fsp3) is 0.400. The van der Waals surface area contributed by atoms with Gasteiger partial charge in [0.25, 0.3) is 0 Å². The zero-order chi connectivity index (χ0) is 12.8. The topological polar surface area (TPSA) is 53.8 Å². The molecule has 1 saturated carbocycles. The first-order valence-electron chi connectivity index (χ1n) is 6.93. The average molecular weight is 255 g/mol. The van der Waals surface area contributed by atoms with Gasteiger partial charge in [0, 0.05) is 35.4 Å². The molecule has 3 aromatic rings. The molecule has 0 aromatic carbocycles. The van der Waals surface area contributed by atoms with E-state index in [9.17, 15) is 5.11 Å². The van der Waals surface area contributed by atoms with E-state index in [1.807, 2.05) is 12.4 Å². The molecule has 3 heterocycles. The highest BCUT2D eigenvalue weighted by atomic mass is 16.3. The van der Waals surface area contributed by atoms with E-state index in [0.29, 0.717) is 6.04 Å². The maximum absolute atomic E-state index is 9.65. The van der Waals surface area contributed by atoms with Crippen molar-refractivity contribution in [3.05, 3.63) is 30.7 Å². The van der Waals surface area contributed by atoms with Crippen LogP contribution in [0.5, 0.6) is 0 Å². The van der Waals surface area contributed by atoms with Crippen molar-refractivity contribution < 1.29 is 5.11 Å². The van der Waals surface area contributed by atoms with Gasteiger partial charge in [0.15, 0.2) is 0 Å². The standard InChI is InChI=1S/C15H17N3O/c19-12-3-1-11(2-4-12)18-8-6-10-9-17-15-13(14(10)18)5-7-16-15/h5-9,11-12,19H,1-4H2,(H,16,17)/t11-,12-. The third-order valence-corrected chi connectivity index (χ3v) is 4.32. The third kappa shape index (κ3) is 1.67. The Balaban J connectivity index is 1.87. The summed E-state index contributed by atoms with van der Waals surface area (Å²) in [5, 5.41) is 12.0. The highest BCUT2D eigenvalue weighted by Gasteiger charge is 2.22. The number of hydrogen-bond donors (Lipinski definition) is 2. The van der Waals surface area contributed by atoms with E-state index >= 15 is 0 Å². The van der Waals surface area contributed by atoms with Gasteiger partial charge in [0.05, 0.1) is 11.6 Å². The van der Waals surface area contributed by atoms with Gasteiger partial charge in [-0.3, -0.25) is 0 Å². The zero-order valence-electron chi connectivity index (χ0n) is 10.7. The zero-order valence-corrected chi connectivity index (χ0v) is 10.7. The highest BCUT2D eigenvalue weighted by molar-refractivity contribution is 6.02. The second-order valence-corrected chi connectivity index (χ2v) is 5.49. The number of aliphatic hydroxyl groups excluding tert-OH is 1. The molecule has 1 aliphatic carbocycles. The van der Waals surface area contributed by atoms with Crippen molar-refractivity contribution in [2.24, 2.45) is 0 Å². The van der Waals surface area contributed by atoms with Crippen LogP contribution in [0.25, 0.3) is 21.9 Å². The lowest BCUT2D eigenvalue weighted by atomic mass is 9.93. The maximum atomic E-state index is 9.65. The van der Waals surface area contributed by atoms with Crippen LogP contribution in [0.15, 0.2) is 30.7 Å². The van der Waals surface area contributed by atoms with Crippen LogP contribution >= 0.6 is 0 Å². The molecule has 3 aromatic heterocycles. The van der Waals surface area contributed by atoms with Gasteiger partial charge in [-0.05, 0) is 37.8 Å². The van der Waals surface area contributed by atoms with Gasteiger partial charge in [0.1, 0.15) is 5.65 Å². The second-order valence-electron chi connectivity index (χ2n) is 5.49. The summed E-state index contributed by atoms with van der Waals surface area (Å²) >= 11 is 0. The average Bonchev–Trinajstić information content (AvgIpc) is 3.04. The van der Waals surface area contributed by atoms with Crippen molar-refractivity contribution in [2.75, 3.05) is 0 Å². The summed E-state index contributed by atoms with van der Waals surface area (Å²) < 4.78 is 2.37. The van der Waals surface area contributed by atoms with Crippen LogP contribution in [0.1, 0.15) is 31.7 Å². The molecule has 0 amide bonds. The van der Waals surface area contributed by atoms with Crippen LogP contribution in [0.3, 0.4) is 0 Å². The first-order valence-corrected chi connectivity index (χ1v) is 6.93. The number of fused-ring (bicyclic) bond motifs is 3. The van der Waals surface area contributed by atoms with E-state index in [4.69, 9.17) is 0 Å². The van der Waals surface area contributed by atoms with Gasteiger partial charge in [-0.25, -0.2) is 4.98 Å². The number of aromatic amines is 1. The molecule has 0 radical (unpaired) electrons. The normalized spacial score (nSPS) is 24.3. The Morgan fingerprint density at radius 3 is 2.89 bits per heavy atom. The summed E-state index contributed by atoms with van der Waals surface area (Å²) in [7, 11) is 0. The highest BCUT2D eigenvalue weighted by Crippen LogP contribution is 2.33. The number of H-pyrrole nitrogens is 1. The molecule has 19 heavy (non-hydrogen) atoms. The quantitative estimate of drug-likeness (QED) is 0.702. The molecule has 0 aliphatic heterocycles. The molecule has 4 nitrogen and oxygen atoms in total. The van der Waals surface area contributed by atoms with Crippen LogP contribution in [-0.2, 0) is 0 Å². The van der Waals surface area contributed by atoms with Gasteiger partial charge in [0.2, 0.25) is 0 Å². The third-order valence-electron chi connectivity index (χ3n) is 4.32. The lowest BCUT2D eigenvalue weighted by Crippen LogP contribution is -2.20. The van der Waals surface area contributed by atoms with Crippen molar-refractivity contribution in [1.29, 1.82) is 0 Å². The van der Waals surface area contributed by atoms with E-state index in [0.717, 1.165) is 31.3 Å². The minimum atomic E-state index is -0.105.